The number of likely N-dealkylation sites (tertiary alicyclic amines) is 1. The number of piperidine rings is 1. The van der Waals surface area contributed by atoms with E-state index in [4.69, 9.17) is 4.74 Å². The van der Waals surface area contributed by atoms with Gasteiger partial charge < -0.3 is 15.0 Å². The molecule has 1 aromatic carbocycles. The molecule has 0 bridgehead atoms. The molecule has 8 nitrogen and oxygen atoms in total. The monoisotopic (exact) mass is 383 g/mol. The van der Waals surface area contributed by atoms with Crippen LogP contribution in [-0.2, 0) is 4.74 Å². The molecule has 2 aliphatic heterocycles. The van der Waals surface area contributed by atoms with Crippen LogP contribution in [0.2, 0.25) is 0 Å². The van der Waals surface area contributed by atoms with Crippen molar-refractivity contribution in [2.75, 3.05) is 31.6 Å². The van der Waals surface area contributed by atoms with E-state index in [9.17, 15) is 9.59 Å². The van der Waals surface area contributed by atoms with Crippen molar-refractivity contribution < 1.29 is 14.3 Å². The van der Waals surface area contributed by atoms with Crippen molar-refractivity contribution in [3.8, 4) is 0 Å². The quantitative estimate of drug-likeness (QED) is 0.875. The lowest BCUT2D eigenvalue weighted by atomic mass is 9.98. The topological polar surface area (TPSA) is 89.4 Å². The predicted octanol–water partition coefficient (Wildman–Crippen LogP) is 2.36. The average molecular weight is 383 g/mol. The smallest absolute Gasteiger partial charge is 0.277 e. The van der Waals surface area contributed by atoms with Gasteiger partial charge >= 0.3 is 0 Å². The molecule has 0 radical (unpaired) electrons. The molecule has 28 heavy (non-hydrogen) atoms. The van der Waals surface area contributed by atoms with Crippen LogP contribution in [0.5, 0.6) is 0 Å². The third kappa shape index (κ3) is 4.06. The van der Waals surface area contributed by atoms with Crippen molar-refractivity contribution in [2.24, 2.45) is 5.92 Å². The van der Waals surface area contributed by atoms with Crippen molar-refractivity contribution in [1.82, 2.24) is 19.9 Å². The Labute approximate surface area is 163 Å². The second-order valence-electron chi connectivity index (χ2n) is 7.61. The SMILES string of the molecule is CC1CCN(C(=O)c2ccc(NC(=O)c3cn(C4CCOC4)nn3)cc2)CC1. The van der Waals surface area contributed by atoms with E-state index >= 15 is 0 Å². The van der Waals surface area contributed by atoms with E-state index in [0.29, 0.717) is 30.4 Å². The summed E-state index contributed by atoms with van der Waals surface area (Å²) in [5, 5.41) is 10.8. The van der Waals surface area contributed by atoms with Gasteiger partial charge in [0.25, 0.3) is 11.8 Å². The molecular formula is C20H25N5O3. The Morgan fingerprint density at radius 2 is 1.89 bits per heavy atom. The number of hydrogen-bond acceptors (Lipinski definition) is 5. The minimum Gasteiger partial charge on any atom is -0.379 e. The molecule has 1 unspecified atom stereocenters. The average Bonchev–Trinajstić information content (AvgIpc) is 3.40. The molecule has 4 rings (SSSR count). The van der Waals surface area contributed by atoms with E-state index in [2.05, 4.69) is 22.6 Å². The summed E-state index contributed by atoms with van der Waals surface area (Å²) in [4.78, 5) is 26.9. The summed E-state index contributed by atoms with van der Waals surface area (Å²) in [7, 11) is 0. The molecule has 3 heterocycles. The maximum atomic E-state index is 12.6. The van der Waals surface area contributed by atoms with Gasteiger partial charge in [0, 0.05) is 30.9 Å². The first-order valence-corrected chi connectivity index (χ1v) is 9.80. The molecule has 1 N–H and O–H groups in total. The van der Waals surface area contributed by atoms with Crippen LogP contribution in [-0.4, -0.2) is 58.0 Å². The van der Waals surface area contributed by atoms with Gasteiger partial charge in [-0.2, -0.15) is 0 Å². The third-order valence-electron chi connectivity index (χ3n) is 5.48. The first-order chi connectivity index (χ1) is 13.6. The van der Waals surface area contributed by atoms with Gasteiger partial charge in [-0.05, 0) is 49.4 Å². The van der Waals surface area contributed by atoms with Gasteiger partial charge in [-0.3, -0.25) is 9.59 Å². The number of aromatic nitrogens is 3. The highest BCUT2D eigenvalue weighted by Crippen LogP contribution is 2.20. The summed E-state index contributed by atoms with van der Waals surface area (Å²) in [5.74, 6) is 0.404. The Hall–Kier alpha value is -2.74. The van der Waals surface area contributed by atoms with Gasteiger partial charge in [-0.1, -0.05) is 12.1 Å². The molecule has 1 atom stereocenters. The molecule has 8 heteroatoms. The number of hydrogen-bond donors (Lipinski definition) is 1. The summed E-state index contributed by atoms with van der Waals surface area (Å²) >= 11 is 0. The number of carbonyl (C=O) groups excluding carboxylic acids is 2. The Balaban J connectivity index is 1.36. The standard InChI is InChI=1S/C20H25N5O3/c1-14-6-9-24(10-7-14)20(27)15-2-4-16(5-3-15)21-19(26)18-12-25(23-22-18)17-8-11-28-13-17/h2-5,12,14,17H,6-11,13H2,1H3,(H,21,26). The molecule has 148 valence electrons. The fraction of sp³-hybridized carbons (Fsp3) is 0.500. The Kier molecular flexibility index (Phi) is 5.38. The third-order valence-corrected chi connectivity index (χ3v) is 5.48. The number of ether oxygens (including phenoxy) is 1. The van der Waals surface area contributed by atoms with E-state index in [-0.39, 0.29) is 23.6 Å². The summed E-state index contributed by atoms with van der Waals surface area (Å²) < 4.78 is 7.02. The summed E-state index contributed by atoms with van der Waals surface area (Å²) in [6.45, 7) is 5.13. The fourth-order valence-electron chi connectivity index (χ4n) is 3.58. The van der Waals surface area contributed by atoms with Crippen molar-refractivity contribution in [3.05, 3.63) is 41.7 Å². The minimum atomic E-state index is -0.325. The molecule has 0 saturated carbocycles. The van der Waals surface area contributed by atoms with Crippen LogP contribution < -0.4 is 5.32 Å². The number of benzene rings is 1. The van der Waals surface area contributed by atoms with Crippen LogP contribution >= 0.6 is 0 Å². The van der Waals surface area contributed by atoms with Crippen LogP contribution in [0, 0.1) is 5.92 Å². The van der Waals surface area contributed by atoms with E-state index in [1.165, 1.54) is 0 Å². The minimum absolute atomic E-state index is 0.0477. The van der Waals surface area contributed by atoms with Crippen LogP contribution in [0.1, 0.15) is 53.1 Å². The largest absolute Gasteiger partial charge is 0.379 e. The first kappa shape index (κ1) is 18.6. The number of rotatable bonds is 4. The molecule has 0 spiro atoms. The summed E-state index contributed by atoms with van der Waals surface area (Å²) in [6, 6.07) is 7.13. The van der Waals surface area contributed by atoms with Crippen LogP contribution in [0.25, 0.3) is 0 Å². The molecule has 2 saturated heterocycles. The first-order valence-electron chi connectivity index (χ1n) is 9.80. The highest BCUT2D eigenvalue weighted by atomic mass is 16.5. The molecule has 2 aliphatic rings. The molecular weight excluding hydrogens is 358 g/mol. The number of anilines is 1. The van der Waals surface area contributed by atoms with Crippen molar-refractivity contribution in [3.63, 3.8) is 0 Å². The van der Waals surface area contributed by atoms with Gasteiger partial charge in [-0.25, -0.2) is 4.68 Å². The van der Waals surface area contributed by atoms with Gasteiger partial charge in [0.1, 0.15) is 0 Å². The van der Waals surface area contributed by atoms with E-state index in [0.717, 1.165) is 32.4 Å². The molecule has 2 amide bonds. The zero-order valence-corrected chi connectivity index (χ0v) is 16.0. The lowest BCUT2D eigenvalue weighted by Crippen LogP contribution is -2.37. The zero-order valence-electron chi connectivity index (χ0n) is 16.0. The van der Waals surface area contributed by atoms with Crippen LogP contribution in [0.15, 0.2) is 30.5 Å². The van der Waals surface area contributed by atoms with Gasteiger partial charge in [0.2, 0.25) is 0 Å². The number of amides is 2. The van der Waals surface area contributed by atoms with Crippen LogP contribution in [0.3, 0.4) is 0 Å². The molecule has 1 aromatic heterocycles. The number of carbonyl (C=O) groups is 2. The van der Waals surface area contributed by atoms with E-state index in [1.54, 1.807) is 35.1 Å². The predicted molar refractivity (Wildman–Crippen MR) is 103 cm³/mol. The maximum absolute atomic E-state index is 12.6. The summed E-state index contributed by atoms with van der Waals surface area (Å²) in [5.41, 5.74) is 1.52. The van der Waals surface area contributed by atoms with Crippen molar-refractivity contribution in [2.45, 2.75) is 32.2 Å². The van der Waals surface area contributed by atoms with Gasteiger partial charge in [0.05, 0.1) is 18.8 Å². The Morgan fingerprint density at radius 1 is 1.14 bits per heavy atom. The zero-order chi connectivity index (χ0) is 19.5. The van der Waals surface area contributed by atoms with Crippen molar-refractivity contribution in [1.29, 1.82) is 0 Å². The molecule has 2 fully saturated rings. The van der Waals surface area contributed by atoms with E-state index in [1.807, 2.05) is 4.90 Å². The maximum Gasteiger partial charge on any atom is 0.277 e. The molecule has 2 aromatic rings. The highest BCUT2D eigenvalue weighted by molar-refractivity contribution is 6.03. The fourth-order valence-corrected chi connectivity index (χ4v) is 3.58. The number of nitrogens with one attached hydrogen (secondary N) is 1. The normalized spacial score (nSPS) is 20.3. The number of nitrogens with zero attached hydrogens (tertiary/aromatic N) is 4. The van der Waals surface area contributed by atoms with Gasteiger partial charge in [-0.15, -0.1) is 5.10 Å². The highest BCUT2D eigenvalue weighted by Gasteiger charge is 2.22. The van der Waals surface area contributed by atoms with E-state index < -0.39 is 0 Å². The summed E-state index contributed by atoms with van der Waals surface area (Å²) in [6.07, 6.45) is 4.61. The lowest BCUT2D eigenvalue weighted by Gasteiger charge is -2.30. The molecule has 0 aliphatic carbocycles. The van der Waals surface area contributed by atoms with Crippen LogP contribution in [0.4, 0.5) is 5.69 Å². The lowest BCUT2D eigenvalue weighted by molar-refractivity contribution is 0.0697. The van der Waals surface area contributed by atoms with Crippen molar-refractivity contribution >= 4 is 17.5 Å². The Bertz CT molecular complexity index is 834. The second kappa shape index (κ2) is 8.10. The Morgan fingerprint density at radius 3 is 2.57 bits per heavy atom. The van der Waals surface area contributed by atoms with Gasteiger partial charge in [0.15, 0.2) is 5.69 Å². The second-order valence-corrected chi connectivity index (χ2v) is 7.61.